The topological polar surface area (TPSA) is 39.5 Å². The third-order valence-electron chi connectivity index (χ3n) is 4.02. The summed E-state index contributed by atoms with van der Waals surface area (Å²) >= 11 is 0. The van der Waals surface area contributed by atoms with E-state index >= 15 is 0 Å². The fourth-order valence-electron chi connectivity index (χ4n) is 3.04. The Morgan fingerprint density at radius 3 is 2.67 bits per heavy atom. The standard InChI is InChI=1S/C16H21N3O2/c1-11-10-12(20-3)7-8-14(11)19-9-5-6-13-15(19)17-18(2)16(13)21-4/h7-8,10H,5-6,9H2,1-4H3. The number of rotatable bonds is 3. The summed E-state index contributed by atoms with van der Waals surface area (Å²) in [7, 11) is 5.32. The van der Waals surface area contributed by atoms with Gasteiger partial charge in [0.25, 0.3) is 0 Å². The monoisotopic (exact) mass is 287 g/mol. The van der Waals surface area contributed by atoms with Crippen LogP contribution in [0.4, 0.5) is 11.5 Å². The number of ether oxygens (including phenoxy) is 2. The second-order valence-electron chi connectivity index (χ2n) is 5.34. The molecule has 0 atom stereocenters. The Bertz CT molecular complexity index is 664. The molecule has 1 aliphatic heterocycles. The van der Waals surface area contributed by atoms with Crippen LogP contribution in [-0.4, -0.2) is 30.5 Å². The molecule has 5 heteroatoms. The van der Waals surface area contributed by atoms with Gasteiger partial charge in [-0.3, -0.25) is 0 Å². The quantitative estimate of drug-likeness (QED) is 0.870. The van der Waals surface area contributed by atoms with Gasteiger partial charge in [0.1, 0.15) is 5.75 Å². The molecule has 0 aliphatic carbocycles. The van der Waals surface area contributed by atoms with Gasteiger partial charge >= 0.3 is 0 Å². The maximum Gasteiger partial charge on any atom is 0.216 e. The molecule has 0 saturated heterocycles. The van der Waals surface area contributed by atoms with E-state index in [1.54, 1.807) is 14.2 Å². The van der Waals surface area contributed by atoms with Crippen molar-refractivity contribution in [1.29, 1.82) is 0 Å². The number of hydrogen-bond donors (Lipinski definition) is 0. The van der Waals surface area contributed by atoms with Gasteiger partial charge in [0.2, 0.25) is 5.88 Å². The molecule has 0 spiro atoms. The summed E-state index contributed by atoms with van der Waals surface area (Å²) < 4.78 is 12.6. The highest BCUT2D eigenvalue weighted by Crippen LogP contribution is 2.39. The largest absolute Gasteiger partial charge is 0.497 e. The number of aryl methyl sites for hydroxylation is 2. The van der Waals surface area contributed by atoms with Gasteiger partial charge in [-0.05, 0) is 43.5 Å². The van der Waals surface area contributed by atoms with E-state index in [-0.39, 0.29) is 0 Å². The lowest BCUT2D eigenvalue weighted by atomic mass is 10.1. The molecular weight excluding hydrogens is 266 g/mol. The summed E-state index contributed by atoms with van der Waals surface area (Å²) in [6, 6.07) is 6.16. The molecule has 0 bridgehead atoms. The molecule has 1 aromatic carbocycles. The van der Waals surface area contributed by atoms with Gasteiger partial charge in [-0.25, -0.2) is 4.68 Å². The number of benzene rings is 1. The van der Waals surface area contributed by atoms with Gasteiger partial charge in [0.05, 0.1) is 19.8 Å². The molecule has 0 N–H and O–H groups in total. The van der Waals surface area contributed by atoms with Crippen LogP contribution in [0.2, 0.25) is 0 Å². The summed E-state index contributed by atoms with van der Waals surface area (Å²) in [5, 5.41) is 4.65. The van der Waals surface area contributed by atoms with Crippen molar-refractivity contribution in [2.24, 2.45) is 7.05 Å². The van der Waals surface area contributed by atoms with Crippen molar-refractivity contribution < 1.29 is 9.47 Å². The highest BCUT2D eigenvalue weighted by Gasteiger charge is 2.27. The minimum atomic E-state index is 0.862. The zero-order valence-electron chi connectivity index (χ0n) is 13.0. The molecule has 21 heavy (non-hydrogen) atoms. The van der Waals surface area contributed by atoms with Crippen LogP contribution in [0.15, 0.2) is 18.2 Å². The van der Waals surface area contributed by atoms with Crippen molar-refractivity contribution in [2.45, 2.75) is 19.8 Å². The van der Waals surface area contributed by atoms with Crippen LogP contribution in [0.3, 0.4) is 0 Å². The zero-order chi connectivity index (χ0) is 15.0. The molecular formula is C16H21N3O2. The zero-order valence-corrected chi connectivity index (χ0v) is 13.0. The van der Waals surface area contributed by atoms with Crippen molar-refractivity contribution in [1.82, 2.24) is 9.78 Å². The van der Waals surface area contributed by atoms with Crippen LogP contribution >= 0.6 is 0 Å². The highest BCUT2D eigenvalue weighted by atomic mass is 16.5. The van der Waals surface area contributed by atoms with Crippen molar-refractivity contribution >= 4 is 11.5 Å². The van der Waals surface area contributed by atoms with E-state index in [1.807, 2.05) is 17.8 Å². The first-order chi connectivity index (χ1) is 10.2. The second kappa shape index (κ2) is 5.31. The van der Waals surface area contributed by atoms with Gasteiger partial charge < -0.3 is 14.4 Å². The van der Waals surface area contributed by atoms with E-state index in [0.29, 0.717) is 0 Å². The highest BCUT2D eigenvalue weighted by molar-refractivity contribution is 5.69. The number of methoxy groups -OCH3 is 2. The molecule has 0 amide bonds. The minimum Gasteiger partial charge on any atom is -0.497 e. The van der Waals surface area contributed by atoms with Gasteiger partial charge in [-0.15, -0.1) is 0 Å². The smallest absolute Gasteiger partial charge is 0.216 e. The number of nitrogens with zero attached hydrogens (tertiary/aromatic N) is 3. The normalized spacial score (nSPS) is 14.0. The third kappa shape index (κ3) is 2.22. The Morgan fingerprint density at radius 1 is 1.19 bits per heavy atom. The summed E-state index contributed by atoms with van der Waals surface area (Å²) in [6.07, 6.45) is 2.11. The number of hydrogen-bond acceptors (Lipinski definition) is 4. The van der Waals surface area contributed by atoms with Crippen LogP contribution in [-0.2, 0) is 13.5 Å². The van der Waals surface area contributed by atoms with Crippen LogP contribution in [0.5, 0.6) is 11.6 Å². The average Bonchev–Trinajstić information content (AvgIpc) is 2.82. The molecule has 0 unspecified atom stereocenters. The Kier molecular flexibility index (Phi) is 3.49. The van der Waals surface area contributed by atoms with E-state index in [0.717, 1.165) is 36.8 Å². The first-order valence-corrected chi connectivity index (χ1v) is 7.17. The van der Waals surface area contributed by atoms with Crippen molar-refractivity contribution in [3.63, 3.8) is 0 Å². The van der Waals surface area contributed by atoms with Gasteiger partial charge in [-0.1, -0.05) is 0 Å². The average molecular weight is 287 g/mol. The maximum atomic E-state index is 5.49. The molecule has 3 rings (SSSR count). The fourth-order valence-corrected chi connectivity index (χ4v) is 3.04. The van der Waals surface area contributed by atoms with E-state index in [4.69, 9.17) is 9.47 Å². The Morgan fingerprint density at radius 2 is 2.00 bits per heavy atom. The lowest BCUT2D eigenvalue weighted by Gasteiger charge is -2.29. The Labute approximate surface area is 125 Å². The SMILES string of the molecule is COc1ccc(N2CCCc3c2nn(C)c3OC)c(C)c1. The molecule has 112 valence electrons. The molecule has 2 heterocycles. The summed E-state index contributed by atoms with van der Waals surface area (Å²) in [4.78, 5) is 2.27. The lowest BCUT2D eigenvalue weighted by Crippen LogP contribution is -2.25. The summed E-state index contributed by atoms with van der Waals surface area (Å²) in [5.74, 6) is 2.75. The van der Waals surface area contributed by atoms with Crippen LogP contribution < -0.4 is 14.4 Å². The predicted octanol–water partition coefficient (Wildman–Crippen LogP) is 2.83. The molecule has 2 aromatic rings. The predicted molar refractivity (Wildman–Crippen MR) is 82.8 cm³/mol. The van der Waals surface area contributed by atoms with E-state index < -0.39 is 0 Å². The minimum absolute atomic E-state index is 0.862. The van der Waals surface area contributed by atoms with E-state index in [2.05, 4.69) is 29.1 Å². The third-order valence-corrected chi connectivity index (χ3v) is 4.02. The van der Waals surface area contributed by atoms with Crippen LogP contribution in [0.25, 0.3) is 0 Å². The van der Waals surface area contributed by atoms with Gasteiger partial charge in [0, 0.05) is 19.3 Å². The van der Waals surface area contributed by atoms with Crippen molar-refractivity contribution in [2.75, 3.05) is 25.7 Å². The molecule has 1 aliphatic rings. The summed E-state index contributed by atoms with van der Waals surface area (Å²) in [6.45, 7) is 3.08. The number of anilines is 2. The fraction of sp³-hybridized carbons (Fsp3) is 0.438. The van der Waals surface area contributed by atoms with Crippen molar-refractivity contribution in [3.05, 3.63) is 29.3 Å². The Hall–Kier alpha value is -2.17. The molecule has 0 fully saturated rings. The summed E-state index contributed by atoms with van der Waals surface area (Å²) in [5.41, 5.74) is 3.56. The van der Waals surface area contributed by atoms with Gasteiger partial charge in [0.15, 0.2) is 5.82 Å². The van der Waals surface area contributed by atoms with E-state index in [1.165, 1.54) is 16.8 Å². The van der Waals surface area contributed by atoms with Crippen molar-refractivity contribution in [3.8, 4) is 11.6 Å². The number of aromatic nitrogens is 2. The molecule has 0 radical (unpaired) electrons. The van der Waals surface area contributed by atoms with Gasteiger partial charge in [-0.2, -0.15) is 5.10 Å². The maximum absolute atomic E-state index is 5.49. The molecule has 1 aromatic heterocycles. The Balaban J connectivity index is 2.06. The lowest BCUT2D eigenvalue weighted by molar-refractivity contribution is 0.369. The van der Waals surface area contributed by atoms with Crippen LogP contribution in [0.1, 0.15) is 17.5 Å². The first-order valence-electron chi connectivity index (χ1n) is 7.17. The van der Waals surface area contributed by atoms with E-state index in [9.17, 15) is 0 Å². The molecule has 5 nitrogen and oxygen atoms in total. The van der Waals surface area contributed by atoms with Crippen LogP contribution in [0, 0.1) is 6.92 Å². The second-order valence-corrected chi connectivity index (χ2v) is 5.34. The molecule has 0 saturated carbocycles. The first kappa shape index (κ1) is 13.8. The number of fused-ring (bicyclic) bond motifs is 1.